The molecule has 0 fully saturated rings. The van der Waals surface area contributed by atoms with E-state index < -0.39 is 0 Å². The van der Waals surface area contributed by atoms with Gasteiger partial charge in [0.05, 0.1) is 16.1 Å². The number of rotatable bonds is 4. The Balaban J connectivity index is 2.27. The first-order chi connectivity index (χ1) is 8.26. The van der Waals surface area contributed by atoms with Gasteiger partial charge in [0.15, 0.2) is 0 Å². The number of aromatic nitrogens is 1. The third kappa shape index (κ3) is 2.56. The molecule has 1 N–H and O–H groups in total. The maximum atomic E-state index is 4.29. The van der Waals surface area contributed by atoms with Crippen LogP contribution < -0.4 is 5.32 Å². The average molecular weight is 246 g/mol. The van der Waals surface area contributed by atoms with E-state index in [0.717, 1.165) is 12.1 Å². The van der Waals surface area contributed by atoms with Gasteiger partial charge >= 0.3 is 0 Å². The molecule has 2 nitrogen and oxygen atoms in total. The van der Waals surface area contributed by atoms with Crippen molar-refractivity contribution in [1.29, 1.82) is 0 Å². The second-order valence-corrected chi connectivity index (χ2v) is 4.99. The van der Waals surface area contributed by atoms with Gasteiger partial charge < -0.3 is 5.32 Å². The molecule has 90 valence electrons. The van der Waals surface area contributed by atoms with Crippen molar-refractivity contribution in [3.63, 3.8) is 0 Å². The maximum Gasteiger partial charge on any atom is 0.0801 e. The van der Waals surface area contributed by atoms with Crippen LogP contribution in [0.3, 0.4) is 0 Å². The Labute approximate surface area is 107 Å². The lowest BCUT2D eigenvalue weighted by molar-refractivity contribution is 0.577. The predicted molar refractivity (Wildman–Crippen MR) is 74.4 cm³/mol. The molecule has 2 aromatic rings. The molecule has 1 aromatic heterocycles. The van der Waals surface area contributed by atoms with E-state index in [0.29, 0.717) is 6.04 Å². The van der Waals surface area contributed by atoms with Gasteiger partial charge in [0.25, 0.3) is 0 Å². The second-order valence-electron chi connectivity index (χ2n) is 4.14. The van der Waals surface area contributed by atoms with E-state index in [2.05, 4.69) is 48.4 Å². The molecule has 0 bridgehead atoms. The Kier molecular flexibility index (Phi) is 3.92. The molecule has 2 rings (SSSR count). The van der Waals surface area contributed by atoms with Crippen LogP contribution in [0.2, 0.25) is 0 Å². The minimum Gasteiger partial charge on any atom is -0.313 e. The third-order valence-electron chi connectivity index (χ3n) is 3.08. The zero-order valence-electron chi connectivity index (χ0n) is 10.5. The van der Waals surface area contributed by atoms with E-state index in [4.69, 9.17) is 0 Å². The van der Waals surface area contributed by atoms with E-state index in [1.165, 1.54) is 16.0 Å². The maximum absolute atomic E-state index is 4.29. The second kappa shape index (κ2) is 5.43. The molecule has 1 heterocycles. The minimum atomic E-state index is 0.451. The van der Waals surface area contributed by atoms with Gasteiger partial charge in [-0.25, -0.2) is 4.98 Å². The fraction of sp³-hybridized carbons (Fsp3) is 0.357. The van der Waals surface area contributed by atoms with Crippen LogP contribution >= 0.6 is 11.3 Å². The van der Waals surface area contributed by atoms with Crippen LogP contribution in [0.25, 0.3) is 10.4 Å². The Bertz CT molecular complexity index is 469. The number of nitrogens with zero attached hydrogens (tertiary/aromatic N) is 1. The summed E-state index contributed by atoms with van der Waals surface area (Å²) in [7, 11) is 2.01. The van der Waals surface area contributed by atoms with Gasteiger partial charge in [-0.3, -0.25) is 0 Å². The van der Waals surface area contributed by atoms with E-state index in [1.54, 1.807) is 11.3 Å². The van der Waals surface area contributed by atoms with E-state index in [9.17, 15) is 0 Å². The van der Waals surface area contributed by atoms with Crippen molar-refractivity contribution in [2.75, 3.05) is 7.05 Å². The number of hydrogen-bond donors (Lipinski definition) is 1. The Morgan fingerprint density at radius 3 is 2.47 bits per heavy atom. The molecule has 0 radical (unpaired) electrons. The lowest BCUT2D eigenvalue weighted by Crippen LogP contribution is -2.14. The lowest BCUT2D eigenvalue weighted by Gasteiger charge is -2.14. The topological polar surface area (TPSA) is 24.9 Å². The van der Waals surface area contributed by atoms with E-state index in [1.807, 2.05) is 12.6 Å². The van der Waals surface area contributed by atoms with Crippen molar-refractivity contribution in [1.82, 2.24) is 10.3 Å². The molecule has 0 saturated heterocycles. The molecule has 3 heteroatoms. The highest BCUT2D eigenvalue weighted by atomic mass is 32.1. The Morgan fingerprint density at radius 1 is 1.29 bits per heavy atom. The SMILES string of the molecule is CCC(NC)c1ccc(-c2scnc2C)cc1. The highest BCUT2D eigenvalue weighted by molar-refractivity contribution is 7.13. The van der Waals surface area contributed by atoms with Gasteiger partial charge in [-0.15, -0.1) is 11.3 Å². The molecule has 0 spiro atoms. The van der Waals surface area contributed by atoms with Crippen molar-refractivity contribution in [3.8, 4) is 10.4 Å². The molecule has 0 saturated carbocycles. The minimum absolute atomic E-state index is 0.451. The van der Waals surface area contributed by atoms with Gasteiger partial charge in [0, 0.05) is 6.04 Å². The van der Waals surface area contributed by atoms with Gasteiger partial charge in [0.2, 0.25) is 0 Å². The lowest BCUT2D eigenvalue weighted by atomic mass is 10.0. The van der Waals surface area contributed by atoms with E-state index >= 15 is 0 Å². The van der Waals surface area contributed by atoms with Crippen molar-refractivity contribution in [3.05, 3.63) is 41.0 Å². The summed E-state index contributed by atoms with van der Waals surface area (Å²) in [6, 6.07) is 9.25. The first-order valence-electron chi connectivity index (χ1n) is 5.94. The van der Waals surface area contributed by atoms with Crippen LogP contribution in [-0.2, 0) is 0 Å². The fourth-order valence-corrected chi connectivity index (χ4v) is 2.86. The normalized spacial score (nSPS) is 12.6. The average Bonchev–Trinajstić information content (AvgIpc) is 2.78. The van der Waals surface area contributed by atoms with E-state index in [-0.39, 0.29) is 0 Å². The van der Waals surface area contributed by atoms with Crippen LogP contribution in [0.1, 0.15) is 30.6 Å². The van der Waals surface area contributed by atoms with Crippen LogP contribution in [0.15, 0.2) is 29.8 Å². The number of hydrogen-bond acceptors (Lipinski definition) is 3. The zero-order chi connectivity index (χ0) is 12.3. The van der Waals surface area contributed by atoms with Crippen LogP contribution in [-0.4, -0.2) is 12.0 Å². The molecule has 0 aliphatic rings. The summed E-state index contributed by atoms with van der Waals surface area (Å²) in [5.41, 5.74) is 5.63. The largest absolute Gasteiger partial charge is 0.313 e. The standard InChI is InChI=1S/C14H18N2S/c1-4-13(15-3)11-5-7-12(8-6-11)14-10(2)16-9-17-14/h5-9,13,15H,4H2,1-3H3. The van der Waals surface area contributed by atoms with Gasteiger partial charge in [0.1, 0.15) is 0 Å². The quantitative estimate of drug-likeness (QED) is 0.888. The number of aryl methyl sites for hydroxylation is 1. The van der Waals surface area contributed by atoms with Gasteiger partial charge in [-0.1, -0.05) is 31.2 Å². The zero-order valence-corrected chi connectivity index (χ0v) is 11.3. The van der Waals surface area contributed by atoms with Crippen molar-refractivity contribution in [2.45, 2.75) is 26.3 Å². The first kappa shape index (κ1) is 12.3. The highest BCUT2D eigenvalue weighted by Gasteiger charge is 2.08. The van der Waals surface area contributed by atoms with Gasteiger partial charge in [-0.05, 0) is 31.5 Å². The molecular formula is C14H18N2S. The Morgan fingerprint density at radius 2 is 2.00 bits per heavy atom. The molecule has 0 aliphatic carbocycles. The van der Waals surface area contributed by atoms with Crippen LogP contribution in [0, 0.1) is 6.92 Å². The fourth-order valence-electron chi connectivity index (χ4n) is 2.05. The van der Waals surface area contributed by atoms with Crippen LogP contribution in [0.4, 0.5) is 0 Å². The third-order valence-corrected chi connectivity index (χ3v) is 4.06. The predicted octanol–water partition coefficient (Wildman–Crippen LogP) is 3.79. The van der Waals surface area contributed by atoms with Crippen LogP contribution in [0.5, 0.6) is 0 Å². The molecule has 1 aromatic carbocycles. The molecule has 0 aliphatic heterocycles. The smallest absolute Gasteiger partial charge is 0.0801 e. The first-order valence-corrected chi connectivity index (χ1v) is 6.82. The number of thiazole rings is 1. The van der Waals surface area contributed by atoms with Gasteiger partial charge in [-0.2, -0.15) is 0 Å². The summed E-state index contributed by atoms with van der Waals surface area (Å²) in [6.07, 6.45) is 1.11. The number of nitrogens with one attached hydrogen (secondary N) is 1. The highest BCUT2D eigenvalue weighted by Crippen LogP contribution is 2.28. The molecule has 1 atom stereocenters. The number of benzene rings is 1. The van der Waals surface area contributed by atoms with Crippen molar-refractivity contribution < 1.29 is 0 Å². The monoisotopic (exact) mass is 246 g/mol. The summed E-state index contributed by atoms with van der Waals surface area (Å²) < 4.78 is 0. The summed E-state index contributed by atoms with van der Waals surface area (Å²) >= 11 is 1.70. The Hall–Kier alpha value is -1.19. The van der Waals surface area contributed by atoms with Crippen molar-refractivity contribution >= 4 is 11.3 Å². The molecular weight excluding hydrogens is 228 g/mol. The summed E-state index contributed by atoms with van der Waals surface area (Å²) in [5.74, 6) is 0. The summed E-state index contributed by atoms with van der Waals surface area (Å²) in [4.78, 5) is 5.56. The molecule has 17 heavy (non-hydrogen) atoms. The summed E-state index contributed by atoms with van der Waals surface area (Å²) in [5, 5.41) is 3.32. The summed E-state index contributed by atoms with van der Waals surface area (Å²) in [6.45, 7) is 4.25. The van der Waals surface area contributed by atoms with Crippen molar-refractivity contribution in [2.24, 2.45) is 0 Å². The molecule has 1 unspecified atom stereocenters. The molecule has 0 amide bonds.